The summed E-state index contributed by atoms with van der Waals surface area (Å²) in [7, 11) is 0. The van der Waals surface area contributed by atoms with Gasteiger partial charge >= 0.3 is 0 Å². The summed E-state index contributed by atoms with van der Waals surface area (Å²) in [6.07, 6.45) is 3.50. The van der Waals surface area contributed by atoms with Gasteiger partial charge in [0.25, 0.3) is 0 Å². The third-order valence-electron chi connectivity index (χ3n) is 3.23. The van der Waals surface area contributed by atoms with Gasteiger partial charge in [0.2, 0.25) is 0 Å². The van der Waals surface area contributed by atoms with Crippen LogP contribution in [-0.4, -0.2) is 18.6 Å². The maximum Gasteiger partial charge on any atom is 0.119 e. The van der Waals surface area contributed by atoms with Crippen molar-refractivity contribution >= 4 is 5.69 Å². The summed E-state index contributed by atoms with van der Waals surface area (Å²) in [5.74, 6) is 0. The average molecular weight is 229 g/mol. The van der Waals surface area contributed by atoms with E-state index in [-0.39, 0.29) is 0 Å². The number of nitrogens with two attached hydrogens (primary N) is 1. The van der Waals surface area contributed by atoms with Gasteiger partial charge in [0.1, 0.15) is 5.54 Å². The van der Waals surface area contributed by atoms with E-state index in [1.54, 1.807) is 6.92 Å². The molecule has 2 N–H and O–H groups in total. The molecule has 90 valence electrons. The Balaban J connectivity index is 2.27. The Labute approximate surface area is 103 Å². The van der Waals surface area contributed by atoms with E-state index < -0.39 is 5.54 Å². The number of nitriles is 1. The summed E-state index contributed by atoms with van der Waals surface area (Å²) >= 11 is 0. The topological polar surface area (TPSA) is 53.1 Å². The zero-order valence-electron chi connectivity index (χ0n) is 10.3. The molecule has 1 aliphatic heterocycles. The second kappa shape index (κ2) is 4.77. The summed E-state index contributed by atoms with van der Waals surface area (Å²) in [5.41, 5.74) is 7.79. The average Bonchev–Trinajstić information content (AvgIpc) is 2.52. The molecule has 0 aliphatic carbocycles. The van der Waals surface area contributed by atoms with Crippen molar-refractivity contribution in [1.29, 1.82) is 5.26 Å². The molecule has 0 saturated heterocycles. The van der Waals surface area contributed by atoms with E-state index in [1.807, 2.05) is 0 Å². The fraction of sp³-hybridized carbons (Fsp3) is 0.500. The lowest BCUT2D eigenvalue weighted by Gasteiger charge is -2.30. The van der Waals surface area contributed by atoms with Crippen LogP contribution in [0.15, 0.2) is 24.3 Å². The van der Waals surface area contributed by atoms with Crippen molar-refractivity contribution < 1.29 is 0 Å². The molecule has 1 unspecified atom stereocenters. The second-order valence-electron chi connectivity index (χ2n) is 5.04. The van der Waals surface area contributed by atoms with Crippen molar-refractivity contribution in [2.75, 3.05) is 18.0 Å². The number of fused-ring (bicyclic) bond motifs is 1. The lowest BCUT2D eigenvalue weighted by Crippen LogP contribution is -2.47. The Morgan fingerprint density at radius 2 is 2.18 bits per heavy atom. The van der Waals surface area contributed by atoms with E-state index in [1.165, 1.54) is 17.7 Å². The fourth-order valence-electron chi connectivity index (χ4n) is 2.37. The number of hydrogen-bond acceptors (Lipinski definition) is 3. The van der Waals surface area contributed by atoms with Gasteiger partial charge in [-0.15, -0.1) is 0 Å². The molecule has 0 bridgehead atoms. The molecule has 1 atom stereocenters. The summed E-state index contributed by atoms with van der Waals surface area (Å²) in [6.45, 7) is 3.38. The fourth-order valence-corrected chi connectivity index (χ4v) is 2.37. The monoisotopic (exact) mass is 229 g/mol. The molecule has 0 aromatic heterocycles. The summed E-state index contributed by atoms with van der Waals surface area (Å²) in [5, 5.41) is 9.04. The molecule has 0 radical (unpaired) electrons. The summed E-state index contributed by atoms with van der Waals surface area (Å²) < 4.78 is 0. The van der Waals surface area contributed by atoms with E-state index >= 15 is 0 Å². The Morgan fingerprint density at radius 1 is 1.41 bits per heavy atom. The zero-order valence-corrected chi connectivity index (χ0v) is 10.3. The van der Waals surface area contributed by atoms with Gasteiger partial charge in [-0.2, -0.15) is 5.26 Å². The highest BCUT2D eigenvalue weighted by Gasteiger charge is 2.24. The van der Waals surface area contributed by atoms with Gasteiger partial charge in [0.05, 0.1) is 6.07 Å². The quantitative estimate of drug-likeness (QED) is 0.844. The van der Waals surface area contributed by atoms with Crippen molar-refractivity contribution in [2.24, 2.45) is 5.73 Å². The number of anilines is 1. The van der Waals surface area contributed by atoms with Gasteiger partial charge in [-0.1, -0.05) is 18.2 Å². The largest absolute Gasteiger partial charge is 0.368 e. The number of aryl methyl sites for hydroxylation is 1. The molecule has 0 fully saturated rings. The van der Waals surface area contributed by atoms with Gasteiger partial charge in [0, 0.05) is 18.8 Å². The van der Waals surface area contributed by atoms with Crippen LogP contribution < -0.4 is 10.6 Å². The number of hydrogen-bond donors (Lipinski definition) is 1. The van der Waals surface area contributed by atoms with Gasteiger partial charge in [0.15, 0.2) is 0 Å². The molecule has 0 amide bonds. The van der Waals surface area contributed by atoms with Gasteiger partial charge in [-0.25, -0.2) is 0 Å². The minimum absolute atomic E-state index is 0.598. The van der Waals surface area contributed by atoms with Crippen LogP contribution >= 0.6 is 0 Å². The van der Waals surface area contributed by atoms with Crippen molar-refractivity contribution in [3.8, 4) is 6.07 Å². The molecule has 0 saturated carbocycles. The van der Waals surface area contributed by atoms with E-state index in [9.17, 15) is 0 Å². The zero-order chi connectivity index (χ0) is 12.3. The molecule has 3 nitrogen and oxygen atoms in total. The van der Waals surface area contributed by atoms with Crippen molar-refractivity contribution in [3.63, 3.8) is 0 Å². The lowest BCUT2D eigenvalue weighted by molar-refractivity contribution is 0.566. The van der Waals surface area contributed by atoms with Gasteiger partial charge in [-0.3, -0.25) is 0 Å². The highest BCUT2D eigenvalue weighted by molar-refractivity contribution is 5.55. The van der Waals surface area contributed by atoms with E-state index in [2.05, 4.69) is 35.2 Å². The molecule has 17 heavy (non-hydrogen) atoms. The number of benzene rings is 1. The van der Waals surface area contributed by atoms with Crippen LogP contribution in [0.25, 0.3) is 0 Å². The predicted octanol–water partition coefficient (Wildman–Crippen LogP) is 2.07. The van der Waals surface area contributed by atoms with Crippen LogP contribution in [0.3, 0.4) is 0 Å². The summed E-state index contributed by atoms with van der Waals surface area (Å²) in [4.78, 5) is 2.26. The Morgan fingerprint density at radius 3 is 2.94 bits per heavy atom. The number of nitrogens with zero attached hydrogens (tertiary/aromatic N) is 2. The van der Waals surface area contributed by atoms with Crippen LogP contribution in [0, 0.1) is 11.3 Å². The molecule has 1 aromatic rings. The normalized spacial score (nSPS) is 18.8. The molecule has 2 rings (SSSR count). The minimum atomic E-state index is -0.780. The van der Waals surface area contributed by atoms with Gasteiger partial charge < -0.3 is 10.6 Å². The molecule has 3 heteroatoms. The van der Waals surface area contributed by atoms with Crippen molar-refractivity contribution in [3.05, 3.63) is 29.8 Å². The number of rotatable bonds is 2. The Hall–Kier alpha value is -1.53. The predicted molar refractivity (Wildman–Crippen MR) is 69.8 cm³/mol. The molecule has 1 aliphatic rings. The smallest absolute Gasteiger partial charge is 0.119 e. The van der Waals surface area contributed by atoms with Gasteiger partial charge in [-0.05, 0) is 37.8 Å². The molecular weight excluding hydrogens is 210 g/mol. The number of para-hydroxylation sites is 1. The molecule has 1 heterocycles. The lowest BCUT2D eigenvalue weighted by atomic mass is 10.0. The standard InChI is InChI=1S/C14H19N3/c1-14(16,10-15)11-17-9-5-4-7-12-6-2-3-8-13(12)17/h2-3,6,8H,4-5,7,9,11,16H2,1H3. The first-order valence-corrected chi connectivity index (χ1v) is 6.15. The van der Waals surface area contributed by atoms with Crippen LogP contribution in [0.2, 0.25) is 0 Å². The third kappa shape index (κ3) is 2.78. The van der Waals surface area contributed by atoms with Crippen LogP contribution in [0.5, 0.6) is 0 Å². The Kier molecular flexibility index (Phi) is 3.35. The van der Waals surface area contributed by atoms with Crippen molar-refractivity contribution in [1.82, 2.24) is 0 Å². The van der Waals surface area contributed by atoms with E-state index in [0.717, 1.165) is 19.4 Å². The maximum atomic E-state index is 9.04. The van der Waals surface area contributed by atoms with E-state index in [4.69, 9.17) is 11.0 Å². The maximum absolute atomic E-state index is 9.04. The molecule has 0 spiro atoms. The minimum Gasteiger partial charge on any atom is -0.368 e. The third-order valence-corrected chi connectivity index (χ3v) is 3.23. The second-order valence-corrected chi connectivity index (χ2v) is 5.04. The van der Waals surface area contributed by atoms with Crippen LogP contribution in [-0.2, 0) is 6.42 Å². The Bertz CT molecular complexity index is 431. The van der Waals surface area contributed by atoms with Crippen LogP contribution in [0.1, 0.15) is 25.3 Å². The first kappa shape index (κ1) is 11.9. The molecular formula is C14H19N3. The highest BCUT2D eigenvalue weighted by Crippen LogP contribution is 2.26. The summed E-state index contributed by atoms with van der Waals surface area (Å²) in [6, 6.07) is 10.6. The SMILES string of the molecule is CC(N)(C#N)CN1CCCCc2ccccc21. The van der Waals surface area contributed by atoms with Crippen LogP contribution in [0.4, 0.5) is 5.69 Å². The first-order valence-electron chi connectivity index (χ1n) is 6.15. The van der Waals surface area contributed by atoms with Crippen molar-refractivity contribution in [2.45, 2.75) is 31.7 Å². The first-order chi connectivity index (χ1) is 8.12. The molecule has 1 aromatic carbocycles. The highest BCUT2D eigenvalue weighted by atomic mass is 15.2. The van der Waals surface area contributed by atoms with E-state index in [0.29, 0.717) is 6.54 Å².